The van der Waals surface area contributed by atoms with Gasteiger partial charge in [-0.05, 0) is 51.7 Å². The zero-order chi connectivity index (χ0) is 17.2. The van der Waals surface area contributed by atoms with Crippen LogP contribution in [-0.4, -0.2) is 14.9 Å². The third-order valence-electron chi connectivity index (χ3n) is 4.19. The highest BCUT2D eigenvalue weighted by Gasteiger charge is 2.12. The lowest BCUT2D eigenvalue weighted by molar-refractivity contribution is 0.298. The molecule has 2 heteroatoms. The molecule has 0 heterocycles. The molecule has 0 fully saturated rings. The van der Waals surface area contributed by atoms with E-state index in [2.05, 4.69) is 38.7 Å². The average molecular weight is 341 g/mol. The summed E-state index contributed by atoms with van der Waals surface area (Å²) in [4.78, 5) is 0. The van der Waals surface area contributed by atoms with E-state index in [0.29, 0.717) is 0 Å². The Hall–Kier alpha value is -0.0831. The highest BCUT2D eigenvalue weighted by atomic mass is 28.4. The van der Waals surface area contributed by atoms with Crippen molar-refractivity contribution < 1.29 is 4.43 Å². The lowest BCUT2D eigenvalue weighted by Crippen LogP contribution is -2.25. The molecule has 0 atom stereocenters. The average Bonchev–Trinajstić information content (AvgIpc) is 2.49. The molecular formula is C21H44OSi. The van der Waals surface area contributed by atoms with Crippen molar-refractivity contribution in [1.29, 1.82) is 0 Å². The van der Waals surface area contributed by atoms with Crippen molar-refractivity contribution in [3.05, 3.63) is 12.2 Å². The summed E-state index contributed by atoms with van der Waals surface area (Å²) in [6, 6.07) is 0. The Bertz CT molecular complexity index is 255. The molecule has 0 aliphatic carbocycles. The molecule has 0 unspecified atom stereocenters. The molecular weight excluding hydrogens is 296 g/mol. The van der Waals surface area contributed by atoms with Gasteiger partial charge in [0.05, 0.1) is 0 Å². The summed E-state index contributed by atoms with van der Waals surface area (Å²) in [5, 5.41) is 0. The van der Waals surface area contributed by atoms with E-state index < -0.39 is 8.32 Å². The molecule has 1 nitrogen and oxygen atoms in total. The summed E-state index contributed by atoms with van der Waals surface area (Å²) in [6.45, 7) is 10.1. The van der Waals surface area contributed by atoms with Crippen LogP contribution in [0.3, 0.4) is 0 Å². The number of rotatable bonds is 17. The molecule has 0 saturated carbocycles. The third kappa shape index (κ3) is 21.9. The predicted molar refractivity (Wildman–Crippen MR) is 109 cm³/mol. The maximum Gasteiger partial charge on any atom is 0.183 e. The molecule has 0 aromatic heterocycles. The molecule has 0 amide bonds. The van der Waals surface area contributed by atoms with Gasteiger partial charge in [0.15, 0.2) is 8.32 Å². The van der Waals surface area contributed by atoms with Crippen LogP contribution in [0.2, 0.25) is 19.6 Å². The van der Waals surface area contributed by atoms with Crippen LogP contribution >= 0.6 is 0 Å². The molecule has 0 N–H and O–H groups in total. The van der Waals surface area contributed by atoms with Gasteiger partial charge in [0.1, 0.15) is 0 Å². The van der Waals surface area contributed by atoms with Gasteiger partial charge in [0.25, 0.3) is 0 Å². The molecule has 0 radical (unpaired) electrons. The highest BCUT2D eigenvalue weighted by Crippen LogP contribution is 2.11. The van der Waals surface area contributed by atoms with Crippen LogP contribution in [0, 0.1) is 0 Å². The van der Waals surface area contributed by atoms with E-state index in [4.69, 9.17) is 4.43 Å². The van der Waals surface area contributed by atoms with Crippen molar-refractivity contribution >= 4 is 8.32 Å². The Morgan fingerprint density at radius 1 is 0.609 bits per heavy atom. The smallest absolute Gasteiger partial charge is 0.183 e. The summed E-state index contributed by atoms with van der Waals surface area (Å²) < 4.78 is 5.88. The Kier molecular flexibility index (Phi) is 16.7. The maximum atomic E-state index is 5.88. The van der Waals surface area contributed by atoms with Gasteiger partial charge in [-0.3, -0.25) is 0 Å². The van der Waals surface area contributed by atoms with Crippen molar-refractivity contribution in [3.8, 4) is 0 Å². The quantitative estimate of drug-likeness (QED) is 0.149. The second-order valence-electron chi connectivity index (χ2n) is 7.90. The first-order valence-corrected chi connectivity index (χ1v) is 13.8. The number of unbranched alkanes of at least 4 members (excludes halogenated alkanes) is 12. The molecule has 0 saturated heterocycles. The highest BCUT2D eigenvalue weighted by molar-refractivity contribution is 6.69. The van der Waals surface area contributed by atoms with E-state index in [1.54, 1.807) is 0 Å². The van der Waals surface area contributed by atoms with Crippen molar-refractivity contribution in [2.45, 2.75) is 116 Å². The van der Waals surface area contributed by atoms with Gasteiger partial charge in [-0.15, -0.1) is 0 Å². The van der Waals surface area contributed by atoms with Crippen molar-refractivity contribution in [2.24, 2.45) is 0 Å². The minimum Gasteiger partial charge on any atom is -0.418 e. The Labute approximate surface area is 148 Å². The van der Waals surface area contributed by atoms with E-state index in [0.717, 1.165) is 6.61 Å². The topological polar surface area (TPSA) is 9.23 Å². The van der Waals surface area contributed by atoms with Crippen LogP contribution in [0.15, 0.2) is 12.2 Å². The fraction of sp³-hybridized carbons (Fsp3) is 0.905. The third-order valence-corrected chi connectivity index (χ3v) is 5.26. The number of hydrogen-bond acceptors (Lipinski definition) is 1. The summed E-state index contributed by atoms with van der Waals surface area (Å²) in [5.41, 5.74) is 0. The van der Waals surface area contributed by atoms with Crippen LogP contribution in [-0.2, 0) is 4.43 Å². The fourth-order valence-electron chi connectivity index (χ4n) is 2.73. The first-order chi connectivity index (χ1) is 11.1. The van der Waals surface area contributed by atoms with Gasteiger partial charge in [0.2, 0.25) is 0 Å². The Balaban J connectivity index is 3.11. The van der Waals surface area contributed by atoms with E-state index >= 15 is 0 Å². The van der Waals surface area contributed by atoms with Gasteiger partial charge in [-0.1, -0.05) is 76.9 Å². The molecule has 0 aromatic carbocycles. The van der Waals surface area contributed by atoms with E-state index in [1.807, 2.05) is 0 Å². The molecule has 0 aliphatic rings. The normalized spacial score (nSPS) is 12.3. The van der Waals surface area contributed by atoms with Crippen LogP contribution in [0.25, 0.3) is 0 Å². The molecule has 0 aliphatic heterocycles. The van der Waals surface area contributed by atoms with Crippen LogP contribution in [0.1, 0.15) is 96.8 Å². The zero-order valence-corrected chi connectivity index (χ0v) is 17.7. The van der Waals surface area contributed by atoms with E-state index in [1.165, 1.54) is 89.9 Å². The zero-order valence-electron chi connectivity index (χ0n) is 16.7. The first-order valence-electron chi connectivity index (χ1n) is 10.3. The van der Waals surface area contributed by atoms with E-state index in [-0.39, 0.29) is 0 Å². The SMILES string of the molecule is CCCCCCCCC=CCCCCCCCCO[Si](C)(C)C. The fourth-order valence-corrected chi connectivity index (χ4v) is 3.48. The van der Waals surface area contributed by atoms with Gasteiger partial charge in [-0.25, -0.2) is 0 Å². The molecule has 0 bridgehead atoms. The lowest BCUT2D eigenvalue weighted by atomic mass is 10.1. The van der Waals surface area contributed by atoms with Crippen molar-refractivity contribution in [1.82, 2.24) is 0 Å². The Morgan fingerprint density at radius 2 is 1.04 bits per heavy atom. The molecule has 138 valence electrons. The van der Waals surface area contributed by atoms with Crippen LogP contribution in [0.4, 0.5) is 0 Å². The van der Waals surface area contributed by atoms with Crippen LogP contribution < -0.4 is 0 Å². The minimum atomic E-state index is -1.27. The van der Waals surface area contributed by atoms with E-state index in [9.17, 15) is 0 Å². The number of hydrogen-bond donors (Lipinski definition) is 0. The van der Waals surface area contributed by atoms with Gasteiger partial charge >= 0.3 is 0 Å². The minimum absolute atomic E-state index is 0.983. The second kappa shape index (κ2) is 16.8. The number of allylic oxidation sites excluding steroid dienone is 2. The first kappa shape index (κ1) is 22.9. The summed E-state index contributed by atoms with van der Waals surface area (Å²) in [5.74, 6) is 0. The molecule has 23 heavy (non-hydrogen) atoms. The standard InChI is InChI=1S/C21H44OSi/c1-5-6-7-8-9-10-11-12-13-14-15-16-17-18-19-20-21-22-23(2,3)4/h12-13H,5-11,14-21H2,1-4H3. The van der Waals surface area contributed by atoms with Crippen LogP contribution in [0.5, 0.6) is 0 Å². The largest absolute Gasteiger partial charge is 0.418 e. The van der Waals surface area contributed by atoms with Crippen molar-refractivity contribution in [2.75, 3.05) is 6.61 Å². The summed E-state index contributed by atoms with van der Waals surface area (Å²) in [6.07, 6.45) is 24.0. The maximum absolute atomic E-state index is 5.88. The molecule has 0 rings (SSSR count). The molecule has 0 spiro atoms. The predicted octanol–water partition coefficient (Wildman–Crippen LogP) is 7.88. The van der Waals surface area contributed by atoms with Gasteiger partial charge in [0, 0.05) is 6.61 Å². The molecule has 0 aromatic rings. The van der Waals surface area contributed by atoms with Gasteiger partial charge in [-0.2, -0.15) is 0 Å². The second-order valence-corrected chi connectivity index (χ2v) is 12.4. The van der Waals surface area contributed by atoms with Crippen molar-refractivity contribution in [3.63, 3.8) is 0 Å². The Morgan fingerprint density at radius 3 is 1.52 bits per heavy atom. The summed E-state index contributed by atoms with van der Waals surface area (Å²) in [7, 11) is -1.27. The lowest BCUT2D eigenvalue weighted by Gasteiger charge is -2.16. The van der Waals surface area contributed by atoms with Gasteiger partial charge < -0.3 is 4.43 Å². The monoisotopic (exact) mass is 340 g/mol. The summed E-state index contributed by atoms with van der Waals surface area (Å²) >= 11 is 0.